The van der Waals surface area contributed by atoms with Crippen molar-refractivity contribution in [2.45, 2.75) is 39.8 Å². The first-order valence-electron chi connectivity index (χ1n) is 6.66. The van der Waals surface area contributed by atoms with Crippen molar-refractivity contribution in [3.05, 3.63) is 35.6 Å². The summed E-state index contributed by atoms with van der Waals surface area (Å²) >= 11 is 0. The van der Waals surface area contributed by atoms with Gasteiger partial charge in [-0.15, -0.1) is 0 Å². The summed E-state index contributed by atoms with van der Waals surface area (Å²) in [6.07, 6.45) is -1.68. The Morgan fingerprint density at radius 3 is 2.48 bits per heavy atom. The maximum absolute atomic E-state index is 13.5. The highest BCUT2D eigenvalue weighted by atomic mass is 19.1. The number of nitrogens with two attached hydrogens (primary N) is 1. The molecule has 1 atom stereocenters. The number of nitrogens with one attached hydrogen (secondary N) is 1. The number of hydrogen-bond donors (Lipinski definition) is 2. The van der Waals surface area contributed by atoms with Gasteiger partial charge in [-0.2, -0.15) is 0 Å². The molecule has 0 radical (unpaired) electrons. The molecule has 5 nitrogen and oxygen atoms in total. The normalized spacial score (nSPS) is 12.6. The maximum atomic E-state index is 13.5. The Bertz CT molecular complexity index is 512. The van der Waals surface area contributed by atoms with Gasteiger partial charge in [0.2, 0.25) is 0 Å². The summed E-state index contributed by atoms with van der Waals surface area (Å²) in [6, 6.07) is 6.13. The molecule has 21 heavy (non-hydrogen) atoms. The van der Waals surface area contributed by atoms with Crippen LogP contribution < -0.4 is 11.1 Å². The predicted octanol–water partition coefficient (Wildman–Crippen LogP) is 2.34. The van der Waals surface area contributed by atoms with Crippen LogP contribution in [0, 0.1) is 11.2 Å². The van der Waals surface area contributed by atoms with Gasteiger partial charge < -0.3 is 15.8 Å². The van der Waals surface area contributed by atoms with Gasteiger partial charge in [-0.3, -0.25) is 4.79 Å². The fraction of sp³-hybridized carbons (Fsp3) is 0.467. The van der Waals surface area contributed by atoms with Crippen LogP contribution in [0.15, 0.2) is 24.3 Å². The number of hydrogen-bond acceptors (Lipinski definition) is 3. The Morgan fingerprint density at radius 1 is 1.33 bits per heavy atom. The largest absolute Gasteiger partial charge is 0.436 e. The van der Waals surface area contributed by atoms with Crippen molar-refractivity contribution in [1.82, 2.24) is 5.32 Å². The molecule has 0 bridgehead atoms. The number of amides is 2. The summed E-state index contributed by atoms with van der Waals surface area (Å²) in [7, 11) is 0. The van der Waals surface area contributed by atoms with E-state index in [0.29, 0.717) is 12.0 Å². The Labute approximate surface area is 123 Å². The lowest BCUT2D eigenvalue weighted by Crippen LogP contribution is -2.40. The SMILES string of the molecule is CC(C)(C)C[C@H](OC(N)=O)C(=O)NCc1ccccc1F. The number of carbonyl (C=O) groups excluding carboxylic acids is 2. The second kappa shape index (κ2) is 7.06. The number of benzene rings is 1. The zero-order chi connectivity index (χ0) is 16.0. The van der Waals surface area contributed by atoms with Crippen molar-refractivity contribution < 1.29 is 18.7 Å². The standard InChI is InChI=1S/C15H21FN2O3/c1-15(2,3)8-12(21-14(17)20)13(19)18-9-10-6-4-5-7-11(10)16/h4-7,12H,8-9H2,1-3H3,(H2,17,20)(H,18,19)/t12-/m0/s1. The van der Waals surface area contributed by atoms with E-state index in [1.54, 1.807) is 18.2 Å². The van der Waals surface area contributed by atoms with Gasteiger partial charge in [-0.1, -0.05) is 39.0 Å². The van der Waals surface area contributed by atoms with E-state index in [-0.39, 0.29) is 12.0 Å². The van der Waals surface area contributed by atoms with E-state index in [0.717, 1.165) is 0 Å². The van der Waals surface area contributed by atoms with E-state index in [9.17, 15) is 14.0 Å². The van der Waals surface area contributed by atoms with Gasteiger partial charge in [0, 0.05) is 12.1 Å². The van der Waals surface area contributed by atoms with E-state index in [4.69, 9.17) is 10.5 Å². The minimum absolute atomic E-state index is 0.0221. The molecule has 0 unspecified atom stereocenters. The Morgan fingerprint density at radius 2 is 1.95 bits per heavy atom. The molecule has 0 saturated carbocycles. The number of halogens is 1. The van der Waals surface area contributed by atoms with Crippen molar-refractivity contribution >= 4 is 12.0 Å². The van der Waals surface area contributed by atoms with Crippen LogP contribution in [-0.4, -0.2) is 18.1 Å². The first-order chi connectivity index (χ1) is 9.69. The number of primary amides is 1. The highest BCUT2D eigenvalue weighted by Gasteiger charge is 2.27. The summed E-state index contributed by atoms with van der Waals surface area (Å²) in [5.41, 5.74) is 5.11. The molecule has 0 aliphatic heterocycles. The van der Waals surface area contributed by atoms with Crippen molar-refractivity contribution in [3.8, 4) is 0 Å². The second-order valence-electron chi connectivity index (χ2n) is 6.00. The fourth-order valence-electron chi connectivity index (χ4n) is 1.82. The molecule has 2 amide bonds. The lowest BCUT2D eigenvalue weighted by atomic mass is 9.89. The van der Waals surface area contributed by atoms with Crippen LogP contribution in [0.4, 0.5) is 9.18 Å². The van der Waals surface area contributed by atoms with Crippen LogP contribution in [-0.2, 0) is 16.1 Å². The number of ether oxygens (including phenoxy) is 1. The van der Waals surface area contributed by atoms with E-state index in [2.05, 4.69) is 5.32 Å². The lowest BCUT2D eigenvalue weighted by molar-refractivity contribution is -0.131. The molecule has 0 heterocycles. The van der Waals surface area contributed by atoms with E-state index < -0.39 is 23.9 Å². The Kier molecular flexibility index (Phi) is 5.69. The summed E-state index contributed by atoms with van der Waals surface area (Å²) < 4.78 is 18.3. The molecular weight excluding hydrogens is 275 g/mol. The number of rotatable bonds is 5. The van der Waals surface area contributed by atoms with Gasteiger partial charge in [0.1, 0.15) is 5.82 Å². The highest BCUT2D eigenvalue weighted by molar-refractivity contribution is 5.83. The molecule has 1 aromatic rings. The molecule has 0 spiro atoms. The quantitative estimate of drug-likeness (QED) is 0.875. The van der Waals surface area contributed by atoms with E-state index in [1.807, 2.05) is 20.8 Å². The Balaban J connectivity index is 2.68. The lowest BCUT2D eigenvalue weighted by Gasteiger charge is -2.24. The first kappa shape index (κ1) is 16.9. The molecule has 0 aliphatic carbocycles. The summed E-state index contributed by atoms with van der Waals surface area (Å²) in [5, 5.41) is 2.56. The highest BCUT2D eigenvalue weighted by Crippen LogP contribution is 2.22. The summed E-state index contributed by atoms with van der Waals surface area (Å²) in [6.45, 7) is 5.76. The molecule has 1 rings (SSSR count). The zero-order valence-corrected chi connectivity index (χ0v) is 12.5. The third kappa shape index (κ3) is 6.25. The molecule has 6 heteroatoms. The van der Waals surface area contributed by atoms with Gasteiger partial charge in [-0.05, 0) is 17.9 Å². The van der Waals surface area contributed by atoms with Gasteiger partial charge in [-0.25, -0.2) is 9.18 Å². The molecule has 0 saturated heterocycles. The smallest absolute Gasteiger partial charge is 0.405 e. The summed E-state index contributed by atoms with van der Waals surface area (Å²) in [5.74, 6) is -0.895. The van der Waals surface area contributed by atoms with Crippen LogP contribution in [0.3, 0.4) is 0 Å². The third-order valence-corrected chi connectivity index (χ3v) is 2.76. The van der Waals surface area contributed by atoms with Gasteiger partial charge >= 0.3 is 6.09 Å². The maximum Gasteiger partial charge on any atom is 0.405 e. The second-order valence-corrected chi connectivity index (χ2v) is 6.00. The zero-order valence-electron chi connectivity index (χ0n) is 12.5. The average Bonchev–Trinajstić information content (AvgIpc) is 2.34. The minimum Gasteiger partial charge on any atom is -0.436 e. The molecule has 0 aromatic heterocycles. The van der Waals surface area contributed by atoms with Crippen molar-refractivity contribution in [2.24, 2.45) is 11.1 Å². The molecule has 3 N–H and O–H groups in total. The van der Waals surface area contributed by atoms with E-state index >= 15 is 0 Å². The van der Waals surface area contributed by atoms with Crippen LogP contribution in [0.2, 0.25) is 0 Å². The molecule has 0 aliphatic rings. The van der Waals surface area contributed by atoms with Crippen molar-refractivity contribution in [1.29, 1.82) is 0 Å². The monoisotopic (exact) mass is 296 g/mol. The van der Waals surface area contributed by atoms with Crippen molar-refractivity contribution in [2.75, 3.05) is 0 Å². The predicted molar refractivity (Wildman–Crippen MR) is 76.8 cm³/mol. The van der Waals surface area contributed by atoms with Gasteiger partial charge in [0.25, 0.3) is 5.91 Å². The van der Waals surface area contributed by atoms with E-state index in [1.165, 1.54) is 6.07 Å². The van der Waals surface area contributed by atoms with Crippen LogP contribution in [0.25, 0.3) is 0 Å². The van der Waals surface area contributed by atoms with Gasteiger partial charge in [0.15, 0.2) is 6.10 Å². The van der Waals surface area contributed by atoms with Crippen LogP contribution >= 0.6 is 0 Å². The molecule has 0 fully saturated rings. The van der Waals surface area contributed by atoms with Crippen molar-refractivity contribution in [3.63, 3.8) is 0 Å². The topological polar surface area (TPSA) is 81.4 Å². The molecule has 1 aromatic carbocycles. The molecule has 116 valence electrons. The van der Waals surface area contributed by atoms with Crippen LogP contribution in [0.5, 0.6) is 0 Å². The van der Waals surface area contributed by atoms with Gasteiger partial charge in [0.05, 0.1) is 0 Å². The summed E-state index contributed by atoms with van der Waals surface area (Å²) in [4.78, 5) is 23.0. The first-order valence-corrected chi connectivity index (χ1v) is 6.66. The molecular formula is C15H21FN2O3. The third-order valence-electron chi connectivity index (χ3n) is 2.76. The average molecular weight is 296 g/mol. The number of carbonyl (C=O) groups is 2. The minimum atomic E-state index is -1.01. The van der Waals surface area contributed by atoms with Crippen LogP contribution in [0.1, 0.15) is 32.8 Å². The Hall–Kier alpha value is -2.11. The fourth-order valence-corrected chi connectivity index (χ4v) is 1.82.